The van der Waals surface area contributed by atoms with Crippen molar-refractivity contribution in [2.45, 2.75) is 212 Å². The van der Waals surface area contributed by atoms with Crippen LogP contribution in [0.3, 0.4) is 0 Å². The molecule has 0 saturated heterocycles. The molecule has 5 nitrogen and oxygen atoms in total. The predicted octanol–water partition coefficient (Wildman–Crippen LogP) is 10.3. The van der Waals surface area contributed by atoms with Crippen LogP contribution in [-0.4, -0.2) is 46.1 Å². The molecule has 0 rings (SSSR count). The standard InChI is InChI=1S/C39H75NO4/c1-3-5-7-9-11-13-15-17-19-20-22-24-26-28-30-32-36(42)34-39(44)40-37(35-41)38(43)33-31-29-27-25-23-21-18-16-14-12-10-8-6-4-2/h17,19,31,33,36-38,41-43H,3-16,18,20-30,32,34-35H2,1-2H3,(H,40,44)/b19-17-,33-31+. The summed E-state index contributed by atoms with van der Waals surface area (Å²) in [5, 5.41) is 33.1. The summed E-state index contributed by atoms with van der Waals surface area (Å²) in [4.78, 5) is 12.4. The summed E-state index contributed by atoms with van der Waals surface area (Å²) in [6.07, 6.45) is 40.1. The molecule has 0 aromatic carbocycles. The lowest BCUT2D eigenvalue weighted by molar-refractivity contribution is -0.124. The van der Waals surface area contributed by atoms with Crippen LogP contribution < -0.4 is 5.32 Å². The normalized spacial score (nSPS) is 14.0. The van der Waals surface area contributed by atoms with E-state index >= 15 is 0 Å². The molecule has 0 radical (unpaired) electrons. The lowest BCUT2D eigenvalue weighted by Crippen LogP contribution is -2.45. The summed E-state index contributed by atoms with van der Waals surface area (Å²) in [6, 6.07) is -0.743. The van der Waals surface area contributed by atoms with Gasteiger partial charge in [0.15, 0.2) is 0 Å². The van der Waals surface area contributed by atoms with Gasteiger partial charge in [-0.3, -0.25) is 4.79 Å². The molecule has 0 spiro atoms. The number of unbranched alkanes of at least 4 members (excludes halogenated alkanes) is 23. The summed E-state index contributed by atoms with van der Waals surface area (Å²) in [5.41, 5.74) is 0. The van der Waals surface area contributed by atoms with E-state index in [0.29, 0.717) is 6.42 Å². The van der Waals surface area contributed by atoms with Crippen molar-refractivity contribution in [1.29, 1.82) is 0 Å². The number of hydrogen-bond donors (Lipinski definition) is 4. The Morgan fingerprint density at radius 1 is 0.568 bits per heavy atom. The van der Waals surface area contributed by atoms with Crippen LogP contribution in [0.15, 0.2) is 24.3 Å². The Bertz CT molecular complexity index is 650. The molecule has 260 valence electrons. The number of aliphatic hydroxyl groups excluding tert-OH is 3. The third kappa shape index (κ3) is 30.8. The van der Waals surface area contributed by atoms with Gasteiger partial charge in [0.25, 0.3) is 0 Å². The van der Waals surface area contributed by atoms with E-state index in [9.17, 15) is 20.1 Å². The molecule has 0 heterocycles. The van der Waals surface area contributed by atoms with Crippen LogP contribution in [0.1, 0.15) is 194 Å². The van der Waals surface area contributed by atoms with Gasteiger partial charge >= 0.3 is 0 Å². The highest BCUT2D eigenvalue weighted by atomic mass is 16.3. The maximum Gasteiger partial charge on any atom is 0.222 e. The van der Waals surface area contributed by atoms with E-state index in [0.717, 1.165) is 38.5 Å². The Balaban J connectivity index is 3.74. The van der Waals surface area contributed by atoms with Gasteiger partial charge in [0.05, 0.1) is 31.3 Å². The second-order valence-corrected chi connectivity index (χ2v) is 13.2. The molecule has 0 aliphatic rings. The second-order valence-electron chi connectivity index (χ2n) is 13.2. The van der Waals surface area contributed by atoms with Gasteiger partial charge in [-0.1, -0.05) is 167 Å². The molecule has 44 heavy (non-hydrogen) atoms. The third-order valence-corrected chi connectivity index (χ3v) is 8.73. The number of aliphatic hydroxyl groups is 3. The smallest absolute Gasteiger partial charge is 0.222 e. The number of amides is 1. The van der Waals surface area contributed by atoms with Gasteiger partial charge in [-0.15, -0.1) is 0 Å². The summed E-state index contributed by atoms with van der Waals surface area (Å²) in [6.45, 7) is 4.19. The van der Waals surface area contributed by atoms with E-state index < -0.39 is 18.2 Å². The van der Waals surface area contributed by atoms with Gasteiger partial charge in [0, 0.05) is 0 Å². The average Bonchev–Trinajstić information content (AvgIpc) is 3.01. The molecule has 0 aliphatic heterocycles. The minimum absolute atomic E-state index is 0.00912. The van der Waals surface area contributed by atoms with Gasteiger partial charge in [0.2, 0.25) is 5.91 Å². The number of rotatable bonds is 34. The van der Waals surface area contributed by atoms with Gasteiger partial charge < -0.3 is 20.6 Å². The molecule has 4 N–H and O–H groups in total. The van der Waals surface area contributed by atoms with Crippen molar-refractivity contribution < 1.29 is 20.1 Å². The van der Waals surface area contributed by atoms with Crippen LogP contribution in [0.2, 0.25) is 0 Å². The highest BCUT2D eigenvalue weighted by Crippen LogP contribution is 2.14. The number of hydrogen-bond acceptors (Lipinski definition) is 4. The van der Waals surface area contributed by atoms with E-state index in [2.05, 4.69) is 31.3 Å². The molecule has 3 unspecified atom stereocenters. The highest BCUT2D eigenvalue weighted by molar-refractivity contribution is 5.76. The van der Waals surface area contributed by atoms with E-state index in [1.54, 1.807) is 6.08 Å². The first-order valence-electron chi connectivity index (χ1n) is 19.1. The summed E-state index contributed by atoms with van der Waals surface area (Å²) < 4.78 is 0. The van der Waals surface area contributed by atoms with E-state index in [-0.39, 0.29) is 18.9 Å². The van der Waals surface area contributed by atoms with Crippen molar-refractivity contribution in [3.05, 3.63) is 24.3 Å². The molecule has 0 fully saturated rings. The molecule has 0 aliphatic carbocycles. The zero-order valence-electron chi connectivity index (χ0n) is 29.3. The first-order valence-corrected chi connectivity index (χ1v) is 19.1. The minimum atomic E-state index is -0.927. The molecule has 3 atom stereocenters. The Hall–Kier alpha value is -1.17. The Labute approximate surface area is 273 Å². The largest absolute Gasteiger partial charge is 0.394 e. The molecular formula is C39H75NO4. The maximum atomic E-state index is 12.4. The first kappa shape index (κ1) is 42.8. The number of nitrogens with one attached hydrogen (secondary N) is 1. The number of carbonyl (C=O) groups excluding carboxylic acids is 1. The molecule has 5 heteroatoms. The van der Waals surface area contributed by atoms with Crippen molar-refractivity contribution in [2.75, 3.05) is 6.61 Å². The highest BCUT2D eigenvalue weighted by Gasteiger charge is 2.20. The van der Waals surface area contributed by atoms with E-state index in [4.69, 9.17) is 0 Å². The Morgan fingerprint density at radius 3 is 1.39 bits per heavy atom. The molecule has 0 bridgehead atoms. The average molecular weight is 622 g/mol. The Kier molecular flexibility index (Phi) is 33.8. The number of allylic oxidation sites excluding steroid dienone is 3. The quantitative estimate of drug-likeness (QED) is 0.0425. The van der Waals surface area contributed by atoms with Crippen molar-refractivity contribution in [1.82, 2.24) is 5.32 Å². The third-order valence-electron chi connectivity index (χ3n) is 8.73. The first-order chi connectivity index (χ1) is 21.5. The van der Waals surface area contributed by atoms with Crippen molar-refractivity contribution in [2.24, 2.45) is 0 Å². The number of carbonyl (C=O) groups is 1. The maximum absolute atomic E-state index is 12.4. The van der Waals surface area contributed by atoms with Crippen LogP contribution >= 0.6 is 0 Å². The molecule has 0 aromatic rings. The van der Waals surface area contributed by atoms with Crippen molar-refractivity contribution >= 4 is 5.91 Å². The molecule has 1 amide bonds. The predicted molar refractivity (Wildman–Crippen MR) is 190 cm³/mol. The topological polar surface area (TPSA) is 89.8 Å². The van der Waals surface area contributed by atoms with Crippen LogP contribution in [0.5, 0.6) is 0 Å². The van der Waals surface area contributed by atoms with Crippen LogP contribution in [0.25, 0.3) is 0 Å². The summed E-state index contributed by atoms with van der Waals surface area (Å²) in [7, 11) is 0. The Morgan fingerprint density at radius 2 is 0.955 bits per heavy atom. The van der Waals surface area contributed by atoms with Crippen molar-refractivity contribution in [3.8, 4) is 0 Å². The molecular weight excluding hydrogens is 546 g/mol. The van der Waals surface area contributed by atoms with E-state index in [1.807, 2.05) is 6.08 Å². The van der Waals surface area contributed by atoms with Gasteiger partial charge in [-0.05, 0) is 44.9 Å². The van der Waals surface area contributed by atoms with Crippen molar-refractivity contribution in [3.63, 3.8) is 0 Å². The molecule has 0 aromatic heterocycles. The van der Waals surface area contributed by atoms with Crippen LogP contribution in [0.4, 0.5) is 0 Å². The van der Waals surface area contributed by atoms with Crippen LogP contribution in [-0.2, 0) is 4.79 Å². The molecule has 0 saturated carbocycles. The fraction of sp³-hybridized carbons (Fsp3) is 0.872. The zero-order valence-corrected chi connectivity index (χ0v) is 29.3. The summed E-state index contributed by atoms with van der Waals surface area (Å²) in [5.74, 6) is -0.322. The van der Waals surface area contributed by atoms with Gasteiger partial charge in [-0.2, -0.15) is 0 Å². The zero-order chi connectivity index (χ0) is 32.4. The fourth-order valence-electron chi connectivity index (χ4n) is 5.74. The lowest BCUT2D eigenvalue weighted by atomic mass is 10.0. The van der Waals surface area contributed by atoms with Gasteiger partial charge in [-0.25, -0.2) is 0 Å². The SMILES string of the molecule is CCCCCCCC/C=C\CCCCCCCC(O)CC(=O)NC(CO)C(O)/C=C/CCCCCCCCCCCCCC. The van der Waals surface area contributed by atoms with E-state index in [1.165, 1.54) is 128 Å². The lowest BCUT2D eigenvalue weighted by Gasteiger charge is -2.21. The fourth-order valence-corrected chi connectivity index (χ4v) is 5.74. The summed E-state index contributed by atoms with van der Waals surface area (Å²) >= 11 is 0. The van der Waals surface area contributed by atoms with Gasteiger partial charge in [0.1, 0.15) is 0 Å². The second kappa shape index (κ2) is 34.7. The minimum Gasteiger partial charge on any atom is -0.394 e. The van der Waals surface area contributed by atoms with Crippen LogP contribution in [0, 0.1) is 0 Å². The monoisotopic (exact) mass is 622 g/mol.